The third-order valence-corrected chi connectivity index (χ3v) is 6.48. The molecule has 4 rings (SSSR count). The van der Waals surface area contributed by atoms with Gasteiger partial charge in [0.15, 0.2) is 0 Å². The summed E-state index contributed by atoms with van der Waals surface area (Å²) in [5.74, 6) is 1.01. The van der Waals surface area contributed by atoms with Gasteiger partial charge in [-0.3, -0.25) is 4.90 Å². The van der Waals surface area contributed by atoms with Crippen molar-refractivity contribution in [3.05, 3.63) is 113 Å². The van der Waals surface area contributed by atoms with E-state index in [2.05, 4.69) is 84.8 Å². The lowest BCUT2D eigenvalue weighted by molar-refractivity contribution is 0.241. The van der Waals surface area contributed by atoms with Crippen LogP contribution in [-0.4, -0.2) is 14.5 Å². The number of benzene rings is 3. The lowest BCUT2D eigenvalue weighted by Crippen LogP contribution is -2.24. The standard InChI is InChI=1S/C31H36FN3/c1-4-5-19-35-28(20-33-31(35)29-13-9-10-14-30(29)32)23-34(21-25-11-7-6-8-12-25)22-26-15-17-27(18-16-26)24(2)3/h6-18,20,24H,4-5,19,21-23H2,1-3H3. The second-order valence-electron chi connectivity index (χ2n) is 9.59. The number of halogens is 1. The first-order valence-corrected chi connectivity index (χ1v) is 12.7. The molecule has 3 aromatic carbocycles. The molecule has 0 amide bonds. The van der Waals surface area contributed by atoms with Crippen molar-refractivity contribution in [3.63, 3.8) is 0 Å². The minimum atomic E-state index is -0.228. The zero-order valence-electron chi connectivity index (χ0n) is 21.1. The van der Waals surface area contributed by atoms with Crippen molar-refractivity contribution < 1.29 is 4.39 Å². The molecule has 0 N–H and O–H groups in total. The fraction of sp³-hybridized carbons (Fsp3) is 0.323. The Labute approximate surface area is 209 Å². The Bertz CT molecular complexity index is 1200. The molecule has 1 aromatic heterocycles. The molecule has 1 heterocycles. The quantitative estimate of drug-likeness (QED) is 0.223. The maximum Gasteiger partial charge on any atom is 0.143 e. The fourth-order valence-corrected chi connectivity index (χ4v) is 4.47. The molecular formula is C31H36FN3. The number of hydrogen-bond acceptors (Lipinski definition) is 2. The number of imidazole rings is 1. The Kier molecular flexibility index (Phi) is 8.49. The molecule has 0 saturated carbocycles. The van der Waals surface area contributed by atoms with Gasteiger partial charge >= 0.3 is 0 Å². The van der Waals surface area contributed by atoms with Gasteiger partial charge in [-0.05, 0) is 41.2 Å². The minimum Gasteiger partial charge on any atom is -0.327 e. The second kappa shape index (κ2) is 11.9. The molecule has 0 spiro atoms. The molecule has 0 aliphatic rings. The van der Waals surface area contributed by atoms with Gasteiger partial charge in [0.25, 0.3) is 0 Å². The predicted molar refractivity (Wildman–Crippen MR) is 142 cm³/mol. The Balaban J connectivity index is 1.64. The molecule has 3 nitrogen and oxygen atoms in total. The topological polar surface area (TPSA) is 21.1 Å². The molecule has 0 fully saturated rings. The van der Waals surface area contributed by atoms with E-state index in [1.54, 1.807) is 6.07 Å². The summed E-state index contributed by atoms with van der Waals surface area (Å²) in [6, 6.07) is 26.5. The molecule has 0 atom stereocenters. The number of unbranched alkanes of at least 4 members (excludes halogenated alkanes) is 1. The van der Waals surface area contributed by atoms with Crippen molar-refractivity contribution in [2.24, 2.45) is 0 Å². The lowest BCUT2D eigenvalue weighted by atomic mass is 10.0. The highest BCUT2D eigenvalue weighted by Crippen LogP contribution is 2.25. The molecule has 0 aliphatic heterocycles. The van der Waals surface area contributed by atoms with Crippen LogP contribution in [0.3, 0.4) is 0 Å². The number of aromatic nitrogens is 2. The van der Waals surface area contributed by atoms with E-state index < -0.39 is 0 Å². The zero-order chi connectivity index (χ0) is 24.6. The first-order chi connectivity index (χ1) is 17.0. The van der Waals surface area contributed by atoms with Crippen molar-refractivity contribution in [1.29, 1.82) is 0 Å². The number of nitrogens with zero attached hydrogens (tertiary/aromatic N) is 3. The molecule has 182 valence electrons. The highest BCUT2D eigenvalue weighted by atomic mass is 19.1. The van der Waals surface area contributed by atoms with Crippen LogP contribution >= 0.6 is 0 Å². The molecule has 0 aliphatic carbocycles. The molecule has 0 bridgehead atoms. The van der Waals surface area contributed by atoms with Crippen LogP contribution < -0.4 is 0 Å². The maximum atomic E-state index is 14.6. The first kappa shape index (κ1) is 24.9. The highest BCUT2D eigenvalue weighted by Gasteiger charge is 2.18. The van der Waals surface area contributed by atoms with Gasteiger partial charge in [-0.15, -0.1) is 0 Å². The van der Waals surface area contributed by atoms with E-state index in [0.717, 1.165) is 44.7 Å². The average Bonchev–Trinajstić information content (AvgIpc) is 3.25. The number of hydrogen-bond donors (Lipinski definition) is 0. The monoisotopic (exact) mass is 469 g/mol. The largest absolute Gasteiger partial charge is 0.327 e. The van der Waals surface area contributed by atoms with Crippen LogP contribution in [0.4, 0.5) is 4.39 Å². The van der Waals surface area contributed by atoms with Crippen LogP contribution in [0.25, 0.3) is 11.4 Å². The summed E-state index contributed by atoms with van der Waals surface area (Å²) < 4.78 is 16.9. The van der Waals surface area contributed by atoms with Crippen molar-refractivity contribution in [1.82, 2.24) is 14.5 Å². The van der Waals surface area contributed by atoms with E-state index >= 15 is 0 Å². The van der Waals surface area contributed by atoms with Crippen molar-refractivity contribution in [3.8, 4) is 11.4 Å². The number of rotatable bonds is 11. The normalized spacial score (nSPS) is 11.5. The Morgan fingerprint density at radius 3 is 2.14 bits per heavy atom. The molecule has 0 unspecified atom stereocenters. The van der Waals surface area contributed by atoms with Gasteiger partial charge in [0.2, 0.25) is 0 Å². The van der Waals surface area contributed by atoms with Crippen LogP contribution in [0, 0.1) is 5.82 Å². The van der Waals surface area contributed by atoms with E-state index in [0.29, 0.717) is 17.3 Å². The van der Waals surface area contributed by atoms with Crippen molar-refractivity contribution in [2.45, 2.75) is 65.7 Å². The van der Waals surface area contributed by atoms with Gasteiger partial charge in [-0.25, -0.2) is 9.37 Å². The Morgan fingerprint density at radius 2 is 1.49 bits per heavy atom. The molecular weight excluding hydrogens is 433 g/mol. The Morgan fingerprint density at radius 1 is 0.829 bits per heavy atom. The molecule has 0 saturated heterocycles. The van der Waals surface area contributed by atoms with Gasteiger partial charge in [-0.2, -0.15) is 0 Å². The Hall–Kier alpha value is -3.24. The summed E-state index contributed by atoms with van der Waals surface area (Å²) in [5.41, 5.74) is 5.61. The van der Waals surface area contributed by atoms with E-state index in [1.807, 2.05) is 18.3 Å². The third kappa shape index (κ3) is 6.46. The summed E-state index contributed by atoms with van der Waals surface area (Å²) in [6.07, 6.45) is 4.03. The molecule has 0 radical (unpaired) electrons. The summed E-state index contributed by atoms with van der Waals surface area (Å²) in [6.45, 7) is 9.87. The maximum absolute atomic E-state index is 14.6. The predicted octanol–water partition coefficient (Wildman–Crippen LogP) is 7.82. The van der Waals surface area contributed by atoms with Crippen LogP contribution in [0.2, 0.25) is 0 Å². The van der Waals surface area contributed by atoms with Crippen LogP contribution in [0.15, 0.2) is 85.1 Å². The minimum absolute atomic E-state index is 0.228. The van der Waals surface area contributed by atoms with E-state index in [-0.39, 0.29) is 5.82 Å². The van der Waals surface area contributed by atoms with E-state index in [1.165, 1.54) is 22.8 Å². The van der Waals surface area contributed by atoms with Gasteiger partial charge in [0.05, 0.1) is 17.5 Å². The molecule has 4 heteroatoms. The van der Waals surface area contributed by atoms with Crippen LogP contribution in [-0.2, 0) is 26.2 Å². The highest BCUT2D eigenvalue weighted by molar-refractivity contribution is 5.57. The van der Waals surface area contributed by atoms with Crippen LogP contribution in [0.1, 0.15) is 61.9 Å². The molecule has 35 heavy (non-hydrogen) atoms. The summed E-state index contributed by atoms with van der Waals surface area (Å²) >= 11 is 0. The second-order valence-corrected chi connectivity index (χ2v) is 9.59. The summed E-state index contributed by atoms with van der Waals surface area (Å²) in [5, 5.41) is 0. The van der Waals surface area contributed by atoms with E-state index in [4.69, 9.17) is 4.98 Å². The smallest absolute Gasteiger partial charge is 0.143 e. The van der Waals surface area contributed by atoms with Gasteiger partial charge in [0.1, 0.15) is 11.6 Å². The van der Waals surface area contributed by atoms with Crippen molar-refractivity contribution in [2.75, 3.05) is 0 Å². The average molecular weight is 470 g/mol. The van der Waals surface area contributed by atoms with Gasteiger partial charge in [0, 0.05) is 26.2 Å². The first-order valence-electron chi connectivity index (χ1n) is 12.7. The van der Waals surface area contributed by atoms with E-state index in [9.17, 15) is 4.39 Å². The summed E-state index contributed by atoms with van der Waals surface area (Å²) in [4.78, 5) is 7.14. The van der Waals surface area contributed by atoms with Crippen LogP contribution in [0.5, 0.6) is 0 Å². The lowest BCUT2D eigenvalue weighted by Gasteiger charge is -2.24. The SMILES string of the molecule is CCCCn1c(CN(Cc2ccccc2)Cc2ccc(C(C)C)cc2)cnc1-c1ccccc1F. The van der Waals surface area contributed by atoms with Crippen molar-refractivity contribution >= 4 is 0 Å². The van der Waals surface area contributed by atoms with Gasteiger partial charge in [-0.1, -0.05) is 93.9 Å². The zero-order valence-corrected chi connectivity index (χ0v) is 21.1. The fourth-order valence-electron chi connectivity index (χ4n) is 4.47. The van der Waals surface area contributed by atoms with Gasteiger partial charge < -0.3 is 4.57 Å². The third-order valence-electron chi connectivity index (χ3n) is 6.48. The molecule has 4 aromatic rings. The summed E-state index contributed by atoms with van der Waals surface area (Å²) in [7, 11) is 0.